The van der Waals surface area contributed by atoms with Gasteiger partial charge >= 0.3 is 0 Å². The first-order chi connectivity index (χ1) is 10.6. The van der Waals surface area contributed by atoms with Crippen molar-refractivity contribution in [2.24, 2.45) is 0 Å². The Morgan fingerprint density at radius 2 is 1.50 bits per heavy atom. The van der Waals surface area contributed by atoms with Crippen molar-refractivity contribution in [3.8, 4) is 0 Å². The van der Waals surface area contributed by atoms with Crippen LogP contribution in [0.25, 0.3) is 0 Å². The molecule has 1 fully saturated rings. The van der Waals surface area contributed by atoms with Gasteiger partial charge in [0.25, 0.3) is 0 Å². The average Bonchev–Trinajstić information content (AvgIpc) is 2.53. The highest BCUT2D eigenvalue weighted by Gasteiger charge is 2.33. The molecular weight excluding hydrogens is 290 g/mol. The predicted octanol–water partition coefficient (Wildman–Crippen LogP) is 0.385. The summed E-state index contributed by atoms with van der Waals surface area (Å²) in [6.45, 7) is 9.09. The molecule has 7 nitrogen and oxygen atoms in total. The maximum Gasteiger partial charge on any atom is 0.183 e. The largest absolute Gasteiger partial charge is 0.390 e. The van der Waals surface area contributed by atoms with Gasteiger partial charge in [-0.25, -0.2) is 0 Å². The van der Waals surface area contributed by atoms with Gasteiger partial charge in [-0.1, -0.05) is 13.8 Å². The van der Waals surface area contributed by atoms with Crippen LogP contribution in [0.3, 0.4) is 0 Å². The molecule has 1 saturated heterocycles. The van der Waals surface area contributed by atoms with Crippen molar-refractivity contribution in [3.63, 3.8) is 0 Å². The van der Waals surface area contributed by atoms with Crippen molar-refractivity contribution in [1.82, 2.24) is 5.32 Å². The van der Waals surface area contributed by atoms with Gasteiger partial charge in [0, 0.05) is 40.8 Å². The number of hydrogen-bond acceptors (Lipinski definition) is 7. The van der Waals surface area contributed by atoms with Crippen LogP contribution in [-0.4, -0.2) is 82.4 Å². The highest BCUT2D eigenvalue weighted by Crippen LogP contribution is 2.19. The van der Waals surface area contributed by atoms with E-state index in [4.69, 9.17) is 18.9 Å². The maximum absolute atomic E-state index is 9.25. The molecular formula is C15H35NO6. The van der Waals surface area contributed by atoms with Gasteiger partial charge in [-0.05, 0) is 6.92 Å². The van der Waals surface area contributed by atoms with E-state index >= 15 is 0 Å². The molecule has 2 unspecified atom stereocenters. The van der Waals surface area contributed by atoms with Gasteiger partial charge in [0.1, 0.15) is 6.10 Å². The van der Waals surface area contributed by atoms with Crippen LogP contribution in [0.5, 0.6) is 0 Å². The number of ether oxygens (including phenoxy) is 4. The molecule has 4 atom stereocenters. The van der Waals surface area contributed by atoms with Crippen LogP contribution in [0.1, 0.15) is 27.2 Å². The number of hydrogen-bond donors (Lipinski definition) is 3. The van der Waals surface area contributed by atoms with E-state index in [9.17, 15) is 10.2 Å². The lowest BCUT2D eigenvalue weighted by Gasteiger charge is -2.34. The lowest BCUT2D eigenvalue weighted by atomic mass is 10.0. The number of aliphatic hydroxyl groups excluding tert-OH is 2. The summed E-state index contributed by atoms with van der Waals surface area (Å²) < 4.78 is 19.6. The Balaban J connectivity index is 0. The molecule has 0 aliphatic carbocycles. The Morgan fingerprint density at radius 3 is 1.91 bits per heavy atom. The van der Waals surface area contributed by atoms with Gasteiger partial charge < -0.3 is 34.5 Å². The zero-order chi connectivity index (χ0) is 17.4. The van der Waals surface area contributed by atoms with Crippen molar-refractivity contribution in [1.29, 1.82) is 0 Å². The third kappa shape index (κ3) is 12.3. The van der Waals surface area contributed by atoms with Crippen LogP contribution in [0.2, 0.25) is 0 Å². The number of nitrogens with one attached hydrogen (secondary N) is 1. The van der Waals surface area contributed by atoms with Crippen LogP contribution >= 0.6 is 0 Å². The van der Waals surface area contributed by atoms with Gasteiger partial charge in [-0.2, -0.15) is 0 Å². The zero-order valence-corrected chi connectivity index (χ0v) is 14.9. The van der Waals surface area contributed by atoms with Crippen LogP contribution in [0.15, 0.2) is 0 Å². The minimum absolute atomic E-state index is 0.261. The van der Waals surface area contributed by atoms with E-state index in [2.05, 4.69) is 5.32 Å². The molecule has 3 N–H and O–H groups in total. The first-order valence-corrected chi connectivity index (χ1v) is 7.79. The highest BCUT2D eigenvalue weighted by molar-refractivity contribution is 4.77. The topological polar surface area (TPSA) is 89.4 Å². The SMILES string of the molecule is CC.COC1O[C@H](C)C(O)C[C@@H]1O.COCCNCCOC. The molecule has 7 heteroatoms. The molecule has 0 spiro atoms. The third-order valence-electron chi connectivity index (χ3n) is 2.89. The predicted molar refractivity (Wildman–Crippen MR) is 85.9 cm³/mol. The monoisotopic (exact) mass is 325 g/mol. The van der Waals surface area contributed by atoms with E-state index in [1.54, 1.807) is 21.1 Å². The second kappa shape index (κ2) is 17.1. The van der Waals surface area contributed by atoms with Gasteiger partial charge in [-0.3, -0.25) is 0 Å². The van der Waals surface area contributed by atoms with E-state index in [-0.39, 0.29) is 6.10 Å². The Hall–Kier alpha value is -0.280. The minimum Gasteiger partial charge on any atom is -0.390 e. The summed E-state index contributed by atoms with van der Waals surface area (Å²) in [6, 6.07) is 0. The second-order valence-corrected chi connectivity index (χ2v) is 4.55. The lowest BCUT2D eigenvalue weighted by Crippen LogP contribution is -2.46. The molecule has 1 heterocycles. The molecule has 22 heavy (non-hydrogen) atoms. The standard InChI is InChI=1S/C7H14O4.C6H15NO2.C2H6/c1-4-5(8)3-6(9)7(10-2)11-4;1-8-5-3-7-4-6-9-2;1-2/h4-9H,3H2,1-2H3;7H,3-6H2,1-2H3;1-2H3/t4-,5?,6+,7?;;/m1../s1. The second-order valence-electron chi connectivity index (χ2n) is 4.55. The van der Waals surface area contributed by atoms with Crippen molar-refractivity contribution in [3.05, 3.63) is 0 Å². The molecule has 0 aromatic heterocycles. The first kappa shape index (κ1) is 24.0. The van der Waals surface area contributed by atoms with Crippen molar-refractivity contribution in [2.45, 2.75) is 51.8 Å². The number of rotatable bonds is 7. The third-order valence-corrected chi connectivity index (χ3v) is 2.89. The fourth-order valence-corrected chi connectivity index (χ4v) is 1.63. The molecule has 1 rings (SSSR count). The Morgan fingerprint density at radius 1 is 1.00 bits per heavy atom. The fourth-order valence-electron chi connectivity index (χ4n) is 1.63. The summed E-state index contributed by atoms with van der Waals surface area (Å²) in [7, 11) is 4.86. The molecule has 1 aliphatic heterocycles. The summed E-state index contributed by atoms with van der Waals surface area (Å²) in [4.78, 5) is 0. The first-order valence-electron chi connectivity index (χ1n) is 7.79. The summed E-state index contributed by atoms with van der Waals surface area (Å²) >= 11 is 0. The Bertz CT molecular complexity index is 214. The van der Waals surface area contributed by atoms with Crippen molar-refractivity contribution in [2.75, 3.05) is 47.6 Å². The van der Waals surface area contributed by atoms with E-state index < -0.39 is 18.5 Å². The quantitative estimate of drug-likeness (QED) is 0.583. The molecule has 136 valence electrons. The van der Waals surface area contributed by atoms with Crippen LogP contribution < -0.4 is 5.32 Å². The van der Waals surface area contributed by atoms with E-state index in [1.807, 2.05) is 13.8 Å². The molecule has 0 amide bonds. The van der Waals surface area contributed by atoms with Crippen LogP contribution in [-0.2, 0) is 18.9 Å². The molecule has 0 saturated carbocycles. The van der Waals surface area contributed by atoms with Gasteiger partial charge in [0.2, 0.25) is 0 Å². The number of aliphatic hydroxyl groups is 2. The highest BCUT2D eigenvalue weighted by atomic mass is 16.7. The van der Waals surface area contributed by atoms with E-state index in [0.29, 0.717) is 6.42 Å². The average molecular weight is 325 g/mol. The zero-order valence-electron chi connectivity index (χ0n) is 14.9. The summed E-state index contributed by atoms with van der Waals surface area (Å²) in [5.74, 6) is 0. The molecule has 1 aliphatic rings. The summed E-state index contributed by atoms with van der Waals surface area (Å²) in [5.41, 5.74) is 0. The fraction of sp³-hybridized carbons (Fsp3) is 1.00. The smallest absolute Gasteiger partial charge is 0.183 e. The van der Waals surface area contributed by atoms with E-state index in [1.165, 1.54) is 7.11 Å². The summed E-state index contributed by atoms with van der Waals surface area (Å²) in [6.07, 6.45) is -1.83. The van der Waals surface area contributed by atoms with Crippen LogP contribution in [0, 0.1) is 0 Å². The lowest BCUT2D eigenvalue weighted by molar-refractivity contribution is -0.251. The van der Waals surface area contributed by atoms with E-state index in [0.717, 1.165) is 26.3 Å². The Kier molecular flexibility index (Phi) is 18.6. The molecule has 0 aromatic rings. The van der Waals surface area contributed by atoms with Gasteiger partial charge in [-0.15, -0.1) is 0 Å². The molecule has 0 aromatic carbocycles. The van der Waals surface area contributed by atoms with Crippen LogP contribution in [0.4, 0.5) is 0 Å². The molecule has 0 bridgehead atoms. The van der Waals surface area contributed by atoms with Crippen molar-refractivity contribution < 1.29 is 29.2 Å². The maximum atomic E-state index is 9.25. The normalized spacial score (nSPS) is 27.3. The van der Waals surface area contributed by atoms with Gasteiger partial charge in [0.15, 0.2) is 6.29 Å². The van der Waals surface area contributed by atoms with Gasteiger partial charge in [0.05, 0.1) is 25.4 Å². The minimum atomic E-state index is -0.716. The Labute approximate surface area is 134 Å². The van der Waals surface area contributed by atoms with Crippen molar-refractivity contribution >= 4 is 0 Å². The molecule has 0 radical (unpaired) electrons. The summed E-state index contributed by atoms with van der Waals surface area (Å²) in [5, 5.41) is 21.6. The number of methoxy groups -OCH3 is 3.